The molecule has 5 rings (SSSR count). The van der Waals surface area contributed by atoms with Gasteiger partial charge in [0, 0.05) is 35.6 Å². The van der Waals surface area contributed by atoms with Gasteiger partial charge in [-0.2, -0.15) is 5.26 Å². The zero-order valence-electron chi connectivity index (χ0n) is 21.6. The van der Waals surface area contributed by atoms with Crippen LogP contribution < -0.4 is 20.1 Å². The molecule has 1 aliphatic heterocycles. The number of aliphatic hydroxyl groups is 1. The highest BCUT2D eigenvalue weighted by molar-refractivity contribution is 5.99. The second-order valence-electron chi connectivity index (χ2n) is 9.47. The summed E-state index contributed by atoms with van der Waals surface area (Å²) in [5.41, 5.74) is 1.89. The van der Waals surface area contributed by atoms with E-state index < -0.39 is 12.1 Å². The molecule has 40 heavy (non-hydrogen) atoms. The summed E-state index contributed by atoms with van der Waals surface area (Å²) in [4.78, 5) is 18.8. The number of carbonyl (C=O) groups is 1. The van der Waals surface area contributed by atoms with Crippen molar-refractivity contribution in [3.8, 4) is 23.3 Å². The Bertz CT molecular complexity index is 1520. The number of anilines is 2. The molecule has 4 aromatic rings. The number of aromatic nitrogens is 1. The molecular weight excluding hydrogens is 513 g/mol. The van der Waals surface area contributed by atoms with Gasteiger partial charge in [0.25, 0.3) is 0 Å². The number of urea groups is 1. The number of fused-ring (bicyclic) bond motifs is 1. The third kappa shape index (κ3) is 6.83. The fourth-order valence-corrected chi connectivity index (χ4v) is 4.51. The van der Waals surface area contributed by atoms with Gasteiger partial charge in [-0.15, -0.1) is 0 Å². The molecule has 1 aliphatic rings. The maximum atomic E-state index is 13.0. The zero-order valence-corrected chi connectivity index (χ0v) is 21.6. The number of nitrogens with zero attached hydrogens (tertiary/aromatic N) is 3. The molecule has 0 saturated carbocycles. The van der Waals surface area contributed by atoms with Gasteiger partial charge in [-0.25, -0.2) is 9.18 Å². The summed E-state index contributed by atoms with van der Waals surface area (Å²) in [5, 5.41) is 26.1. The van der Waals surface area contributed by atoms with E-state index in [1.54, 1.807) is 48.7 Å². The van der Waals surface area contributed by atoms with Gasteiger partial charge in [-0.1, -0.05) is 0 Å². The lowest BCUT2D eigenvalue weighted by atomic mass is 10.1. The molecule has 0 bridgehead atoms. The maximum absolute atomic E-state index is 13.0. The number of aliphatic hydroxyl groups excluding tert-OH is 1. The predicted octanol–water partition coefficient (Wildman–Crippen LogP) is 5.52. The Morgan fingerprint density at radius 1 is 1.02 bits per heavy atom. The van der Waals surface area contributed by atoms with Gasteiger partial charge < -0.3 is 30.1 Å². The van der Waals surface area contributed by atoms with Crippen molar-refractivity contribution in [3.05, 3.63) is 84.3 Å². The number of nitrogens with one attached hydrogen (secondary N) is 2. The van der Waals surface area contributed by atoms with E-state index in [0.29, 0.717) is 51.6 Å². The van der Waals surface area contributed by atoms with Crippen molar-refractivity contribution in [2.75, 3.05) is 36.9 Å². The Labute approximate surface area is 230 Å². The lowest BCUT2D eigenvalue weighted by Crippen LogP contribution is -2.33. The van der Waals surface area contributed by atoms with Crippen LogP contribution in [0.2, 0.25) is 0 Å². The highest BCUT2D eigenvalue weighted by atomic mass is 19.1. The number of nitriles is 1. The molecule has 1 fully saturated rings. The summed E-state index contributed by atoms with van der Waals surface area (Å²) in [6.07, 6.45) is 3.23. The zero-order chi connectivity index (χ0) is 27.9. The Morgan fingerprint density at radius 2 is 1.70 bits per heavy atom. The molecule has 1 atom stereocenters. The Morgan fingerprint density at radius 3 is 2.38 bits per heavy atom. The highest BCUT2D eigenvalue weighted by Gasteiger charge is 2.18. The van der Waals surface area contributed by atoms with Crippen molar-refractivity contribution in [1.82, 2.24) is 9.88 Å². The van der Waals surface area contributed by atoms with Crippen LogP contribution in [0.5, 0.6) is 17.2 Å². The van der Waals surface area contributed by atoms with Crippen molar-refractivity contribution >= 4 is 28.3 Å². The van der Waals surface area contributed by atoms with Crippen LogP contribution in [-0.2, 0) is 0 Å². The summed E-state index contributed by atoms with van der Waals surface area (Å²) in [7, 11) is 0. The average Bonchev–Trinajstić information content (AvgIpc) is 3.47. The van der Waals surface area contributed by atoms with E-state index in [9.17, 15) is 19.6 Å². The second kappa shape index (κ2) is 12.4. The molecular formula is C30H28FN5O4. The van der Waals surface area contributed by atoms with E-state index in [1.165, 1.54) is 24.3 Å². The lowest BCUT2D eigenvalue weighted by Gasteiger charge is -2.20. The largest absolute Gasteiger partial charge is 0.489 e. The van der Waals surface area contributed by atoms with E-state index in [2.05, 4.69) is 26.6 Å². The molecule has 0 spiro atoms. The molecule has 1 aromatic heterocycles. The standard InChI is InChI=1S/C30H28FN5O4/c31-21-3-5-22(6-4-21)34-30(38)35-23-7-9-25(10-8-23)40-28-11-12-33-27-16-29(20(17-32)15-26(27)28)39-19-24(37)18-36-13-1-2-14-36/h3-12,15-16,24,37H,1-2,13-14,18-19H2,(H2,34,35,38)/t24-/m1/s1. The number of carbonyl (C=O) groups excluding carboxylic acids is 1. The summed E-state index contributed by atoms with van der Waals surface area (Å²) >= 11 is 0. The van der Waals surface area contributed by atoms with E-state index >= 15 is 0 Å². The van der Waals surface area contributed by atoms with Crippen molar-refractivity contribution in [3.63, 3.8) is 0 Å². The van der Waals surface area contributed by atoms with Crippen molar-refractivity contribution in [2.45, 2.75) is 18.9 Å². The van der Waals surface area contributed by atoms with Crippen LogP contribution in [0.4, 0.5) is 20.6 Å². The summed E-state index contributed by atoms with van der Waals surface area (Å²) in [6, 6.07) is 19.0. The van der Waals surface area contributed by atoms with Crippen LogP contribution in [-0.4, -0.2) is 53.4 Å². The van der Waals surface area contributed by atoms with Crippen LogP contribution in [0.3, 0.4) is 0 Å². The van der Waals surface area contributed by atoms with Gasteiger partial charge in [0.2, 0.25) is 0 Å². The molecule has 10 heteroatoms. The number of hydrogen-bond acceptors (Lipinski definition) is 7. The molecule has 0 unspecified atom stereocenters. The quantitative estimate of drug-likeness (QED) is 0.255. The van der Waals surface area contributed by atoms with Crippen LogP contribution in [0.15, 0.2) is 72.9 Å². The van der Waals surface area contributed by atoms with Gasteiger partial charge in [0.1, 0.15) is 41.8 Å². The van der Waals surface area contributed by atoms with Crippen molar-refractivity contribution in [2.24, 2.45) is 0 Å². The summed E-state index contributed by atoms with van der Waals surface area (Å²) in [6.45, 7) is 2.58. The minimum absolute atomic E-state index is 0.0786. The van der Waals surface area contributed by atoms with Crippen LogP contribution in [0.1, 0.15) is 18.4 Å². The van der Waals surface area contributed by atoms with Crippen molar-refractivity contribution in [1.29, 1.82) is 5.26 Å². The molecule has 2 amide bonds. The monoisotopic (exact) mass is 541 g/mol. The number of hydrogen-bond donors (Lipinski definition) is 3. The van der Waals surface area contributed by atoms with Gasteiger partial charge in [0.15, 0.2) is 0 Å². The maximum Gasteiger partial charge on any atom is 0.323 e. The molecule has 0 aliphatic carbocycles. The molecule has 1 saturated heterocycles. The van der Waals surface area contributed by atoms with Gasteiger partial charge in [-0.3, -0.25) is 4.98 Å². The Balaban J connectivity index is 1.24. The first kappa shape index (κ1) is 26.9. The second-order valence-corrected chi connectivity index (χ2v) is 9.47. The number of ether oxygens (including phenoxy) is 2. The van der Waals surface area contributed by atoms with Crippen LogP contribution in [0.25, 0.3) is 10.9 Å². The minimum Gasteiger partial charge on any atom is -0.489 e. The number of halogens is 1. The number of benzene rings is 3. The van der Waals surface area contributed by atoms with Gasteiger partial charge >= 0.3 is 6.03 Å². The first-order valence-corrected chi connectivity index (χ1v) is 12.9. The van der Waals surface area contributed by atoms with Crippen LogP contribution in [0, 0.1) is 17.1 Å². The fraction of sp³-hybridized carbons (Fsp3) is 0.233. The van der Waals surface area contributed by atoms with Gasteiger partial charge in [0.05, 0.1) is 11.1 Å². The van der Waals surface area contributed by atoms with E-state index in [1.807, 2.05) is 0 Å². The molecule has 3 aromatic carbocycles. The van der Waals surface area contributed by atoms with Crippen molar-refractivity contribution < 1.29 is 23.8 Å². The Kier molecular flexibility index (Phi) is 8.35. The molecule has 9 nitrogen and oxygen atoms in total. The first-order valence-electron chi connectivity index (χ1n) is 12.9. The number of amides is 2. The molecule has 204 valence electrons. The number of pyridine rings is 1. The summed E-state index contributed by atoms with van der Waals surface area (Å²) in [5.74, 6) is 0.983. The van der Waals surface area contributed by atoms with Crippen LogP contribution >= 0.6 is 0 Å². The SMILES string of the molecule is N#Cc1cc2c(Oc3ccc(NC(=O)Nc4ccc(F)cc4)cc3)ccnc2cc1OC[C@H](O)CN1CCCC1. The highest BCUT2D eigenvalue weighted by Crippen LogP contribution is 2.33. The normalized spacial score (nSPS) is 13.9. The third-order valence-corrected chi connectivity index (χ3v) is 6.46. The third-order valence-electron chi connectivity index (χ3n) is 6.46. The molecule has 2 heterocycles. The summed E-state index contributed by atoms with van der Waals surface area (Å²) < 4.78 is 24.9. The number of rotatable bonds is 9. The number of β-amino-alcohol motifs (C(OH)–C–C–N with tert-alkyl or cyclic N) is 1. The topological polar surface area (TPSA) is 120 Å². The van der Waals surface area contributed by atoms with Gasteiger partial charge in [-0.05, 0) is 86.6 Å². The smallest absolute Gasteiger partial charge is 0.323 e. The van der Waals surface area contributed by atoms with E-state index in [4.69, 9.17) is 9.47 Å². The Hall–Kier alpha value is -4.72. The van der Waals surface area contributed by atoms with E-state index in [-0.39, 0.29) is 12.4 Å². The minimum atomic E-state index is -0.658. The molecule has 0 radical (unpaired) electrons. The predicted molar refractivity (Wildman–Crippen MR) is 149 cm³/mol. The lowest BCUT2D eigenvalue weighted by molar-refractivity contribution is 0.0758. The fourth-order valence-electron chi connectivity index (χ4n) is 4.51. The number of likely N-dealkylation sites (tertiary alicyclic amines) is 1. The first-order chi connectivity index (χ1) is 19.5. The average molecular weight is 542 g/mol. The van der Waals surface area contributed by atoms with E-state index in [0.717, 1.165) is 25.9 Å². The molecule has 3 N–H and O–H groups in total.